The average molecular weight is 463 g/mol. The molecule has 4 nitrogen and oxygen atoms in total. The number of carbonyl (C=O) groups is 2. The zero-order valence-electron chi connectivity index (χ0n) is 18.8. The molecule has 0 bridgehead atoms. The van der Waals surface area contributed by atoms with E-state index in [0.717, 1.165) is 18.4 Å². The Hall–Kier alpha value is -2.04. The molecule has 0 aliphatic carbocycles. The van der Waals surface area contributed by atoms with Crippen LogP contribution in [0.4, 0.5) is 0 Å². The average Bonchev–Trinajstić information content (AvgIpc) is 2.77. The summed E-state index contributed by atoms with van der Waals surface area (Å²) in [4.78, 5) is 27.6. The number of benzene rings is 2. The molecule has 2 rings (SSSR count). The molecule has 6 heteroatoms. The molecule has 31 heavy (non-hydrogen) atoms. The maximum atomic E-state index is 13.2. The van der Waals surface area contributed by atoms with Crippen molar-refractivity contribution in [3.05, 3.63) is 69.2 Å². The summed E-state index contributed by atoms with van der Waals surface area (Å²) in [5, 5.41) is 3.93. The zero-order valence-corrected chi connectivity index (χ0v) is 20.3. The Kier molecular flexibility index (Phi) is 9.86. The summed E-state index contributed by atoms with van der Waals surface area (Å²) in [6, 6.07) is 12.9. The second-order valence-corrected chi connectivity index (χ2v) is 8.70. The highest BCUT2D eigenvalue weighted by Crippen LogP contribution is 2.27. The molecule has 0 unspecified atom stereocenters. The van der Waals surface area contributed by atoms with Crippen molar-refractivity contribution in [2.75, 3.05) is 0 Å². The largest absolute Gasteiger partial charge is 0.352 e. The third-order valence-corrected chi connectivity index (χ3v) is 6.33. The number of aryl methyl sites for hydroxylation is 2. The van der Waals surface area contributed by atoms with Crippen LogP contribution >= 0.6 is 23.2 Å². The molecule has 2 aromatic rings. The van der Waals surface area contributed by atoms with E-state index in [0.29, 0.717) is 28.5 Å². The summed E-state index contributed by atoms with van der Waals surface area (Å²) < 4.78 is 0. The van der Waals surface area contributed by atoms with E-state index in [4.69, 9.17) is 23.2 Å². The van der Waals surface area contributed by atoms with Gasteiger partial charge in [-0.3, -0.25) is 9.59 Å². The van der Waals surface area contributed by atoms with Gasteiger partial charge >= 0.3 is 0 Å². The maximum absolute atomic E-state index is 13.2. The highest BCUT2D eigenvalue weighted by Gasteiger charge is 2.27. The van der Waals surface area contributed by atoms with Gasteiger partial charge in [-0.05, 0) is 56.4 Å². The molecule has 2 amide bonds. The second kappa shape index (κ2) is 12.1. The van der Waals surface area contributed by atoms with Crippen molar-refractivity contribution in [1.82, 2.24) is 10.2 Å². The number of hydrogen-bond acceptors (Lipinski definition) is 2. The van der Waals surface area contributed by atoms with E-state index >= 15 is 0 Å². The van der Waals surface area contributed by atoms with Gasteiger partial charge in [0, 0.05) is 34.6 Å². The van der Waals surface area contributed by atoms with Crippen LogP contribution in [0.1, 0.15) is 57.2 Å². The normalized spacial score (nSPS) is 12.8. The van der Waals surface area contributed by atoms with Crippen molar-refractivity contribution in [1.29, 1.82) is 0 Å². The Bertz CT molecular complexity index is 863. The third kappa shape index (κ3) is 7.26. The molecule has 0 spiro atoms. The van der Waals surface area contributed by atoms with Gasteiger partial charge in [-0.2, -0.15) is 0 Å². The highest BCUT2D eigenvalue weighted by molar-refractivity contribution is 6.36. The van der Waals surface area contributed by atoms with Crippen LogP contribution in [0.3, 0.4) is 0 Å². The lowest BCUT2D eigenvalue weighted by molar-refractivity contribution is -0.140. The van der Waals surface area contributed by atoms with Crippen LogP contribution in [0, 0.1) is 0 Å². The molecule has 0 aliphatic heterocycles. The van der Waals surface area contributed by atoms with Crippen molar-refractivity contribution < 1.29 is 9.59 Å². The number of nitrogens with zero attached hydrogens (tertiary/aromatic N) is 1. The summed E-state index contributed by atoms with van der Waals surface area (Å²) in [6.45, 7) is 7.99. The third-order valence-electron chi connectivity index (χ3n) is 5.62. The fourth-order valence-corrected chi connectivity index (χ4v) is 3.76. The van der Waals surface area contributed by atoms with Crippen molar-refractivity contribution in [2.24, 2.45) is 0 Å². The monoisotopic (exact) mass is 462 g/mol. The van der Waals surface area contributed by atoms with E-state index in [1.165, 1.54) is 5.56 Å². The van der Waals surface area contributed by atoms with Crippen LogP contribution < -0.4 is 5.32 Å². The van der Waals surface area contributed by atoms with E-state index in [-0.39, 0.29) is 24.4 Å². The Balaban J connectivity index is 2.20. The van der Waals surface area contributed by atoms with Gasteiger partial charge in [0.15, 0.2) is 0 Å². The molecule has 1 N–H and O–H groups in total. The van der Waals surface area contributed by atoms with Crippen LogP contribution in [0.25, 0.3) is 0 Å². The fraction of sp³-hybridized carbons (Fsp3) is 0.440. The number of halogens is 2. The predicted octanol–water partition coefficient (Wildman–Crippen LogP) is 5.82. The first-order valence-corrected chi connectivity index (χ1v) is 11.6. The van der Waals surface area contributed by atoms with Crippen LogP contribution in [0.2, 0.25) is 10.0 Å². The highest BCUT2D eigenvalue weighted by atomic mass is 35.5. The number of amides is 2. The van der Waals surface area contributed by atoms with Crippen LogP contribution in [0.15, 0.2) is 42.5 Å². The van der Waals surface area contributed by atoms with Gasteiger partial charge in [0.25, 0.3) is 0 Å². The standard InChI is InChI=1S/C25H32Cl2N2O2/c1-5-17(3)28-25(31)18(4)29(16-21-22(26)8-7-9-23(21)27)24(30)15-14-20-12-10-19(6-2)11-13-20/h7-13,17-18H,5-6,14-16H2,1-4H3,(H,28,31)/t17-,18-/m1/s1. The van der Waals surface area contributed by atoms with Gasteiger partial charge in [0.2, 0.25) is 11.8 Å². The first kappa shape index (κ1) is 25.2. The Morgan fingerprint density at radius 1 is 0.968 bits per heavy atom. The van der Waals surface area contributed by atoms with Gasteiger partial charge in [-0.1, -0.05) is 67.4 Å². The van der Waals surface area contributed by atoms with Gasteiger partial charge in [-0.25, -0.2) is 0 Å². The van der Waals surface area contributed by atoms with Gasteiger partial charge in [0.1, 0.15) is 6.04 Å². The molecule has 0 saturated heterocycles. The smallest absolute Gasteiger partial charge is 0.242 e. The number of nitrogens with one attached hydrogen (secondary N) is 1. The van der Waals surface area contributed by atoms with Crippen molar-refractivity contribution in [3.63, 3.8) is 0 Å². The Labute approximate surface area is 195 Å². The van der Waals surface area contributed by atoms with E-state index < -0.39 is 6.04 Å². The molecule has 0 heterocycles. The van der Waals surface area contributed by atoms with Gasteiger partial charge in [0.05, 0.1) is 0 Å². The number of carbonyl (C=O) groups excluding carboxylic acids is 2. The van der Waals surface area contributed by atoms with E-state index in [1.54, 1.807) is 30.0 Å². The molecule has 0 radical (unpaired) electrons. The van der Waals surface area contributed by atoms with E-state index in [2.05, 4.69) is 36.5 Å². The first-order valence-electron chi connectivity index (χ1n) is 10.9. The van der Waals surface area contributed by atoms with Crippen LogP contribution in [0.5, 0.6) is 0 Å². The predicted molar refractivity (Wildman–Crippen MR) is 129 cm³/mol. The molecule has 168 valence electrons. The zero-order chi connectivity index (χ0) is 23.0. The first-order chi connectivity index (χ1) is 14.8. The quantitative estimate of drug-likeness (QED) is 0.483. The summed E-state index contributed by atoms with van der Waals surface area (Å²) in [5.41, 5.74) is 3.01. The van der Waals surface area contributed by atoms with Crippen molar-refractivity contribution in [3.8, 4) is 0 Å². The Morgan fingerprint density at radius 2 is 1.55 bits per heavy atom. The van der Waals surface area contributed by atoms with Crippen LogP contribution in [-0.2, 0) is 29.0 Å². The fourth-order valence-electron chi connectivity index (χ4n) is 3.24. The van der Waals surface area contributed by atoms with Crippen LogP contribution in [-0.4, -0.2) is 28.8 Å². The lowest BCUT2D eigenvalue weighted by Gasteiger charge is -2.30. The number of rotatable bonds is 10. The second-order valence-electron chi connectivity index (χ2n) is 7.89. The summed E-state index contributed by atoms with van der Waals surface area (Å²) >= 11 is 12.7. The summed E-state index contributed by atoms with van der Waals surface area (Å²) in [5.74, 6) is -0.291. The molecule has 0 aliphatic rings. The molecule has 0 fully saturated rings. The minimum Gasteiger partial charge on any atom is -0.352 e. The molecule has 0 aromatic heterocycles. The molecule has 0 saturated carbocycles. The molecule has 2 atom stereocenters. The van der Waals surface area contributed by atoms with Gasteiger partial charge in [-0.15, -0.1) is 0 Å². The molecular weight excluding hydrogens is 431 g/mol. The minimum absolute atomic E-state index is 0.0351. The number of hydrogen-bond donors (Lipinski definition) is 1. The molecule has 2 aromatic carbocycles. The van der Waals surface area contributed by atoms with Crippen molar-refractivity contribution in [2.45, 2.75) is 72.0 Å². The lowest BCUT2D eigenvalue weighted by atomic mass is 10.0. The summed E-state index contributed by atoms with van der Waals surface area (Å²) in [6.07, 6.45) is 2.70. The van der Waals surface area contributed by atoms with E-state index in [1.807, 2.05) is 13.8 Å². The maximum Gasteiger partial charge on any atom is 0.242 e. The minimum atomic E-state index is -0.642. The van der Waals surface area contributed by atoms with Crippen molar-refractivity contribution >= 4 is 35.0 Å². The summed E-state index contributed by atoms with van der Waals surface area (Å²) in [7, 11) is 0. The topological polar surface area (TPSA) is 49.4 Å². The van der Waals surface area contributed by atoms with E-state index in [9.17, 15) is 9.59 Å². The lowest BCUT2D eigenvalue weighted by Crippen LogP contribution is -2.49. The molecular formula is C25H32Cl2N2O2. The SMILES string of the molecule is CCc1ccc(CCC(=O)N(Cc2c(Cl)cccc2Cl)[C@H](C)C(=O)N[C@H](C)CC)cc1. The Morgan fingerprint density at radius 3 is 2.10 bits per heavy atom. The van der Waals surface area contributed by atoms with Gasteiger partial charge < -0.3 is 10.2 Å².